The second-order valence-corrected chi connectivity index (χ2v) is 6.63. The Balaban J connectivity index is 1.68. The van der Waals surface area contributed by atoms with Gasteiger partial charge in [-0.05, 0) is 66.4 Å². The SMILES string of the molecule is O=C1S/C(=C/c2cccn2-c2ccc(F)cc2)C(=O)N1c1ccccc1. The Morgan fingerprint density at radius 1 is 0.846 bits per heavy atom. The second kappa shape index (κ2) is 6.65. The summed E-state index contributed by atoms with van der Waals surface area (Å²) in [7, 11) is 0. The molecule has 0 aliphatic carbocycles. The van der Waals surface area contributed by atoms with Gasteiger partial charge in [-0.25, -0.2) is 9.29 Å². The highest BCUT2D eigenvalue weighted by Gasteiger charge is 2.36. The van der Waals surface area contributed by atoms with Crippen molar-refractivity contribution in [2.75, 3.05) is 4.90 Å². The molecule has 2 amide bonds. The second-order valence-electron chi connectivity index (χ2n) is 5.63. The van der Waals surface area contributed by atoms with Crippen molar-refractivity contribution < 1.29 is 14.0 Å². The Bertz CT molecular complexity index is 1010. The number of nitrogens with zero attached hydrogens (tertiary/aromatic N) is 2. The van der Waals surface area contributed by atoms with Crippen LogP contribution in [0.15, 0.2) is 77.8 Å². The molecule has 1 aliphatic heterocycles. The summed E-state index contributed by atoms with van der Waals surface area (Å²) >= 11 is 0.906. The van der Waals surface area contributed by atoms with Gasteiger partial charge in [0.05, 0.1) is 10.6 Å². The molecule has 1 aliphatic rings. The molecular weight excluding hydrogens is 351 g/mol. The standard InChI is InChI=1S/C20H13FN2O2S/c21-14-8-10-15(11-9-14)22-12-4-7-17(22)13-18-19(24)23(20(25)26-18)16-5-2-1-3-6-16/h1-13H/b18-13+. The Kier molecular flexibility index (Phi) is 4.18. The summed E-state index contributed by atoms with van der Waals surface area (Å²) in [6.07, 6.45) is 3.50. The molecule has 2 heterocycles. The molecule has 0 atom stereocenters. The molecule has 1 aromatic heterocycles. The lowest BCUT2D eigenvalue weighted by Crippen LogP contribution is -2.27. The summed E-state index contributed by atoms with van der Waals surface area (Å²) in [6, 6.07) is 18.6. The zero-order valence-electron chi connectivity index (χ0n) is 13.5. The minimum Gasteiger partial charge on any atom is -0.317 e. The van der Waals surface area contributed by atoms with Crippen LogP contribution in [0.25, 0.3) is 11.8 Å². The number of imide groups is 1. The van der Waals surface area contributed by atoms with Gasteiger partial charge in [-0.1, -0.05) is 18.2 Å². The van der Waals surface area contributed by atoms with E-state index in [1.165, 1.54) is 17.0 Å². The smallest absolute Gasteiger partial charge is 0.298 e. The Labute approximate surface area is 153 Å². The molecule has 0 N–H and O–H groups in total. The fourth-order valence-corrected chi connectivity index (χ4v) is 3.58. The molecule has 0 radical (unpaired) electrons. The molecule has 3 aromatic rings. The van der Waals surface area contributed by atoms with Crippen molar-refractivity contribution in [2.24, 2.45) is 0 Å². The first-order chi connectivity index (χ1) is 12.6. The van der Waals surface area contributed by atoms with Crippen LogP contribution >= 0.6 is 11.8 Å². The zero-order chi connectivity index (χ0) is 18.1. The Hall–Kier alpha value is -3.12. The minimum atomic E-state index is -0.349. The van der Waals surface area contributed by atoms with Crippen LogP contribution in [0.1, 0.15) is 5.69 Å². The van der Waals surface area contributed by atoms with Crippen molar-refractivity contribution in [1.29, 1.82) is 0 Å². The van der Waals surface area contributed by atoms with Crippen LogP contribution in [0.3, 0.4) is 0 Å². The number of carbonyl (C=O) groups is 2. The van der Waals surface area contributed by atoms with E-state index in [0.717, 1.165) is 23.1 Å². The number of amides is 2. The largest absolute Gasteiger partial charge is 0.317 e. The lowest BCUT2D eigenvalue weighted by molar-refractivity contribution is -0.113. The van der Waals surface area contributed by atoms with Gasteiger partial charge in [-0.15, -0.1) is 0 Å². The highest BCUT2D eigenvalue weighted by atomic mass is 32.2. The van der Waals surface area contributed by atoms with Gasteiger partial charge in [0, 0.05) is 17.6 Å². The van der Waals surface area contributed by atoms with Crippen LogP contribution in [-0.4, -0.2) is 15.7 Å². The van der Waals surface area contributed by atoms with Crippen molar-refractivity contribution in [3.05, 3.63) is 89.3 Å². The summed E-state index contributed by atoms with van der Waals surface area (Å²) in [6.45, 7) is 0. The van der Waals surface area contributed by atoms with Gasteiger partial charge >= 0.3 is 0 Å². The number of benzene rings is 2. The molecule has 6 heteroatoms. The average molecular weight is 364 g/mol. The van der Waals surface area contributed by atoms with Crippen molar-refractivity contribution in [3.8, 4) is 5.69 Å². The van der Waals surface area contributed by atoms with E-state index in [-0.39, 0.29) is 17.0 Å². The predicted molar refractivity (Wildman–Crippen MR) is 101 cm³/mol. The van der Waals surface area contributed by atoms with Crippen molar-refractivity contribution in [2.45, 2.75) is 0 Å². The summed E-state index contributed by atoms with van der Waals surface area (Å²) in [4.78, 5) is 26.5. The van der Waals surface area contributed by atoms with Gasteiger partial charge in [0.15, 0.2) is 0 Å². The molecule has 1 fully saturated rings. The molecule has 128 valence electrons. The topological polar surface area (TPSA) is 42.3 Å². The first-order valence-electron chi connectivity index (χ1n) is 7.90. The highest BCUT2D eigenvalue weighted by Crippen LogP contribution is 2.35. The first kappa shape index (κ1) is 16.4. The van der Waals surface area contributed by atoms with Crippen LogP contribution in [-0.2, 0) is 4.79 Å². The number of carbonyl (C=O) groups excluding carboxylic acids is 2. The highest BCUT2D eigenvalue weighted by molar-refractivity contribution is 8.19. The number of halogens is 1. The summed E-state index contributed by atoms with van der Waals surface area (Å²) in [5, 5.41) is -0.327. The maximum absolute atomic E-state index is 13.1. The van der Waals surface area contributed by atoms with E-state index >= 15 is 0 Å². The third kappa shape index (κ3) is 2.95. The average Bonchev–Trinajstić information content (AvgIpc) is 3.21. The van der Waals surface area contributed by atoms with Gasteiger partial charge in [0.2, 0.25) is 0 Å². The van der Waals surface area contributed by atoms with Gasteiger partial charge in [0.25, 0.3) is 11.1 Å². The summed E-state index contributed by atoms with van der Waals surface area (Å²) in [5.74, 6) is -0.663. The van der Waals surface area contributed by atoms with E-state index in [0.29, 0.717) is 10.6 Å². The number of para-hydroxylation sites is 1. The van der Waals surface area contributed by atoms with E-state index < -0.39 is 0 Å². The molecule has 4 nitrogen and oxygen atoms in total. The molecule has 0 spiro atoms. The van der Waals surface area contributed by atoms with Crippen LogP contribution in [0, 0.1) is 5.82 Å². The quantitative estimate of drug-likeness (QED) is 0.624. The number of hydrogen-bond donors (Lipinski definition) is 0. The van der Waals surface area contributed by atoms with E-state index in [1.807, 2.05) is 29.0 Å². The lowest BCUT2D eigenvalue weighted by Gasteiger charge is -2.11. The number of anilines is 1. The number of hydrogen-bond acceptors (Lipinski definition) is 3. The molecule has 0 unspecified atom stereocenters. The van der Waals surface area contributed by atoms with Crippen LogP contribution < -0.4 is 4.90 Å². The molecule has 4 rings (SSSR count). The number of rotatable bonds is 3. The molecule has 2 aromatic carbocycles. The fraction of sp³-hybridized carbons (Fsp3) is 0. The summed E-state index contributed by atoms with van der Waals surface area (Å²) in [5.41, 5.74) is 2.05. The van der Waals surface area contributed by atoms with Gasteiger partial charge < -0.3 is 4.57 Å². The predicted octanol–water partition coefficient (Wildman–Crippen LogP) is 4.86. The van der Waals surface area contributed by atoms with Crippen LogP contribution in [0.2, 0.25) is 0 Å². The fourth-order valence-electron chi connectivity index (χ4n) is 2.75. The van der Waals surface area contributed by atoms with Crippen LogP contribution in [0.4, 0.5) is 14.9 Å². The van der Waals surface area contributed by atoms with Crippen molar-refractivity contribution in [3.63, 3.8) is 0 Å². The normalized spacial score (nSPS) is 15.9. The summed E-state index contributed by atoms with van der Waals surface area (Å²) < 4.78 is 15.0. The molecular formula is C20H13FN2O2S. The van der Waals surface area contributed by atoms with Gasteiger partial charge in [-0.3, -0.25) is 9.59 Å². The van der Waals surface area contributed by atoms with Crippen molar-refractivity contribution >= 4 is 34.7 Å². The van der Waals surface area contributed by atoms with E-state index in [1.54, 1.807) is 42.5 Å². The number of aromatic nitrogens is 1. The van der Waals surface area contributed by atoms with E-state index in [4.69, 9.17) is 0 Å². The third-order valence-electron chi connectivity index (χ3n) is 3.97. The maximum atomic E-state index is 13.1. The van der Waals surface area contributed by atoms with Gasteiger partial charge in [-0.2, -0.15) is 0 Å². The monoisotopic (exact) mass is 364 g/mol. The molecule has 0 saturated carbocycles. The van der Waals surface area contributed by atoms with Crippen molar-refractivity contribution in [1.82, 2.24) is 4.57 Å². The Morgan fingerprint density at radius 3 is 2.31 bits per heavy atom. The zero-order valence-corrected chi connectivity index (χ0v) is 14.3. The maximum Gasteiger partial charge on any atom is 0.298 e. The molecule has 0 bridgehead atoms. The van der Waals surface area contributed by atoms with E-state index in [2.05, 4.69) is 0 Å². The lowest BCUT2D eigenvalue weighted by atomic mass is 10.2. The molecule has 26 heavy (non-hydrogen) atoms. The first-order valence-corrected chi connectivity index (χ1v) is 8.71. The van der Waals surface area contributed by atoms with Gasteiger partial charge in [0.1, 0.15) is 5.82 Å². The molecule has 1 saturated heterocycles. The number of thioether (sulfide) groups is 1. The minimum absolute atomic E-state index is 0.313. The van der Waals surface area contributed by atoms with E-state index in [9.17, 15) is 14.0 Å². The Morgan fingerprint density at radius 2 is 1.58 bits per heavy atom. The third-order valence-corrected chi connectivity index (χ3v) is 4.84. The van der Waals surface area contributed by atoms with Crippen LogP contribution in [0.5, 0.6) is 0 Å².